The Morgan fingerprint density at radius 2 is 1.74 bits per heavy atom. The van der Waals surface area contributed by atoms with Gasteiger partial charge < -0.3 is 10.2 Å². The van der Waals surface area contributed by atoms with Gasteiger partial charge in [0.25, 0.3) is 0 Å². The van der Waals surface area contributed by atoms with Gasteiger partial charge in [-0.1, -0.05) is 24.3 Å². The van der Waals surface area contributed by atoms with E-state index in [2.05, 4.69) is 4.90 Å². The van der Waals surface area contributed by atoms with Gasteiger partial charge in [-0.2, -0.15) is 0 Å². The standard InChI is InChI=1S/C15H21NO3/c17-11-14-5-7-16(8-6-14)10-13-3-1-12(2-4-13)9-15(18)19/h1-4,14,17H,5-11H2,(H,18,19). The van der Waals surface area contributed by atoms with Crippen LogP contribution in [-0.2, 0) is 17.8 Å². The maximum absolute atomic E-state index is 10.6. The minimum Gasteiger partial charge on any atom is -0.481 e. The highest BCUT2D eigenvalue weighted by atomic mass is 16.4. The smallest absolute Gasteiger partial charge is 0.307 e. The molecular formula is C15H21NO3. The van der Waals surface area contributed by atoms with E-state index in [1.54, 1.807) is 0 Å². The summed E-state index contributed by atoms with van der Waals surface area (Å²) in [5.41, 5.74) is 2.06. The Bertz CT molecular complexity index is 408. The molecule has 0 aliphatic carbocycles. The molecule has 2 N–H and O–H groups in total. The minimum atomic E-state index is -0.793. The second-order valence-corrected chi connectivity index (χ2v) is 5.29. The molecule has 4 heteroatoms. The summed E-state index contributed by atoms with van der Waals surface area (Å²) in [6, 6.07) is 7.81. The Labute approximate surface area is 113 Å². The zero-order chi connectivity index (χ0) is 13.7. The van der Waals surface area contributed by atoms with Crippen LogP contribution in [0.4, 0.5) is 0 Å². The lowest BCUT2D eigenvalue weighted by Crippen LogP contribution is -2.34. The van der Waals surface area contributed by atoms with Gasteiger partial charge >= 0.3 is 5.97 Å². The number of hydrogen-bond acceptors (Lipinski definition) is 3. The molecule has 0 aromatic heterocycles. The van der Waals surface area contributed by atoms with Crippen molar-refractivity contribution in [1.82, 2.24) is 4.90 Å². The molecule has 0 saturated carbocycles. The number of rotatable bonds is 5. The highest BCUT2D eigenvalue weighted by Crippen LogP contribution is 2.18. The summed E-state index contributed by atoms with van der Waals surface area (Å²) in [5.74, 6) is -0.326. The Kier molecular flexibility index (Phi) is 4.93. The van der Waals surface area contributed by atoms with Gasteiger partial charge in [-0.05, 0) is 43.0 Å². The molecule has 1 aliphatic rings. The number of carboxylic acids is 1. The zero-order valence-electron chi connectivity index (χ0n) is 11.1. The van der Waals surface area contributed by atoms with Crippen LogP contribution in [-0.4, -0.2) is 40.8 Å². The van der Waals surface area contributed by atoms with Crippen molar-refractivity contribution in [2.75, 3.05) is 19.7 Å². The van der Waals surface area contributed by atoms with Crippen LogP contribution in [0.3, 0.4) is 0 Å². The van der Waals surface area contributed by atoms with Crippen LogP contribution in [0.25, 0.3) is 0 Å². The highest BCUT2D eigenvalue weighted by molar-refractivity contribution is 5.70. The van der Waals surface area contributed by atoms with Crippen molar-refractivity contribution in [3.63, 3.8) is 0 Å². The van der Waals surface area contributed by atoms with Gasteiger partial charge in [-0.3, -0.25) is 9.69 Å². The average Bonchev–Trinajstić information content (AvgIpc) is 2.41. The number of nitrogens with zero attached hydrogens (tertiary/aromatic N) is 1. The first-order chi connectivity index (χ1) is 9.17. The van der Waals surface area contributed by atoms with Crippen LogP contribution in [0.5, 0.6) is 0 Å². The molecule has 0 atom stereocenters. The molecule has 0 radical (unpaired) electrons. The third-order valence-electron chi connectivity index (χ3n) is 3.75. The maximum atomic E-state index is 10.6. The number of likely N-dealkylation sites (tertiary alicyclic amines) is 1. The molecule has 19 heavy (non-hydrogen) atoms. The first kappa shape index (κ1) is 14.0. The Morgan fingerprint density at radius 3 is 2.26 bits per heavy atom. The SMILES string of the molecule is O=C(O)Cc1ccc(CN2CCC(CO)CC2)cc1. The van der Waals surface area contributed by atoms with E-state index >= 15 is 0 Å². The molecular weight excluding hydrogens is 242 g/mol. The third kappa shape index (κ3) is 4.33. The van der Waals surface area contributed by atoms with E-state index in [1.807, 2.05) is 24.3 Å². The monoisotopic (exact) mass is 263 g/mol. The van der Waals surface area contributed by atoms with Crippen molar-refractivity contribution in [3.05, 3.63) is 35.4 Å². The van der Waals surface area contributed by atoms with Crippen molar-refractivity contribution in [3.8, 4) is 0 Å². The summed E-state index contributed by atoms with van der Waals surface area (Å²) in [4.78, 5) is 13.0. The minimum absolute atomic E-state index is 0.0855. The van der Waals surface area contributed by atoms with Gasteiger partial charge in [-0.25, -0.2) is 0 Å². The van der Waals surface area contributed by atoms with Gasteiger partial charge in [0, 0.05) is 13.2 Å². The average molecular weight is 263 g/mol. The fourth-order valence-corrected chi connectivity index (χ4v) is 2.52. The predicted molar refractivity (Wildman–Crippen MR) is 72.9 cm³/mol. The number of aliphatic hydroxyl groups is 1. The van der Waals surface area contributed by atoms with Crippen LogP contribution < -0.4 is 0 Å². The van der Waals surface area contributed by atoms with E-state index in [4.69, 9.17) is 10.2 Å². The van der Waals surface area contributed by atoms with Crippen molar-refractivity contribution in [2.45, 2.75) is 25.8 Å². The molecule has 0 spiro atoms. The summed E-state index contributed by atoms with van der Waals surface area (Å²) in [7, 11) is 0. The van der Waals surface area contributed by atoms with E-state index < -0.39 is 5.97 Å². The van der Waals surface area contributed by atoms with Gasteiger partial charge in [0.05, 0.1) is 6.42 Å². The molecule has 0 bridgehead atoms. The molecule has 1 fully saturated rings. The molecule has 1 aromatic carbocycles. The van der Waals surface area contributed by atoms with Crippen LogP contribution >= 0.6 is 0 Å². The van der Waals surface area contributed by atoms with Gasteiger partial charge in [0.15, 0.2) is 0 Å². The van der Waals surface area contributed by atoms with Gasteiger partial charge in [-0.15, -0.1) is 0 Å². The number of aliphatic hydroxyl groups excluding tert-OH is 1. The number of piperidine rings is 1. The van der Waals surface area contributed by atoms with Crippen LogP contribution in [0.1, 0.15) is 24.0 Å². The first-order valence-corrected chi connectivity index (χ1v) is 6.80. The van der Waals surface area contributed by atoms with Crippen LogP contribution in [0.15, 0.2) is 24.3 Å². The normalized spacial score (nSPS) is 17.5. The molecule has 2 rings (SSSR count). The lowest BCUT2D eigenvalue weighted by molar-refractivity contribution is -0.136. The third-order valence-corrected chi connectivity index (χ3v) is 3.75. The molecule has 1 saturated heterocycles. The number of hydrogen-bond donors (Lipinski definition) is 2. The number of aliphatic carboxylic acids is 1. The second kappa shape index (κ2) is 6.68. The molecule has 0 unspecified atom stereocenters. The molecule has 0 amide bonds. The lowest BCUT2D eigenvalue weighted by atomic mass is 9.97. The zero-order valence-corrected chi connectivity index (χ0v) is 11.1. The van der Waals surface area contributed by atoms with Crippen molar-refractivity contribution >= 4 is 5.97 Å². The van der Waals surface area contributed by atoms with Gasteiger partial charge in [0.1, 0.15) is 0 Å². The van der Waals surface area contributed by atoms with E-state index in [1.165, 1.54) is 5.56 Å². The Balaban J connectivity index is 1.84. The summed E-state index contributed by atoms with van der Waals surface area (Å²) in [6.45, 7) is 3.27. The second-order valence-electron chi connectivity index (χ2n) is 5.29. The van der Waals surface area contributed by atoms with Crippen LogP contribution in [0, 0.1) is 5.92 Å². The maximum Gasteiger partial charge on any atom is 0.307 e. The Morgan fingerprint density at radius 1 is 1.16 bits per heavy atom. The summed E-state index contributed by atoms with van der Waals surface area (Å²) in [5, 5.41) is 17.8. The van der Waals surface area contributed by atoms with Gasteiger partial charge in [0.2, 0.25) is 0 Å². The fourth-order valence-electron chi connectivity index (χ4n) is 2.52. The van der Waals surface area contributed by atoms with Crippen molar-refractivity contribution in [2.24, 2.45) is 5.92 Å². The number of benzene rings is 1. The largest absolute Gasteiger partial charge is 0.481 e. The summed E-state index contributed by atoms with van der Waals surface area (Å²) < 4.78 is 0. The Hall–Kier alpha value is -1.39. The predicted octanol–water partition coefficient (Wildman–Crippen LogP) is 1.52. The van der Waals surface area contributed by atoms with E-state index in [0.29, 0.717) is 12.5 Å². The lowest BCUT2D eigenvalue weighted by Gasteiger charge is -2.31. The molecule has 104 valence electrons. The molecule has 1 aliphatic heterocycles. The summed E-state index contributed by atoms with van der Waals surface area (Å²) in [6.07, 6.45) is 2.21. The fraction of sp³-hybridized carbons (Fsp3) is 0.533. The molecule has 1 aromatic rings. The van der Waals surface area contributed by atoms with Crippen LogP contribution in [0.2, 0.25) is 0 Å². The van der Waals surface area contributed by atoms with E-state index in [0.717, 1.165) is 38.0 Å². The summed E-state index contributed by atoms with van der Waals surface area (Å²) >= 11 is 0. The number of carboxylic acid groups (broad SMARTS) is 1. The topological polar surface area (TPSA) is 60.8 Å². The molecule has 4 nitrogen and oxygen atoms in total. The number of carbonyl (C=O) groups is 1. The highest BCUT2D eigenvalue weighted by Gasteiger charge is 2.18. The quantitative estimate of drug-likeness (QED) is 0.845. The van der Waals surface area contributed by atoms with E-state index in [-0.39, 0.29) is 6.42 Å². The molecule has 1 heterocycles. The van der Waals surface area contributed by atoms with E-state index in [9.17, 15) is 4.79 Å². The first-order valence-electron chi connectivity index (χ1n) is 6.80. The van der Waals surface area contributed by atoms with Crippen molar-refractivity contribution < 1.29 is 15.0 Å². The van der Waals surface area contributed by atoms with Crippen molar-refractivity contribution in [1.29, 1.82) is 0 Å².